The second kappa shape index (κ2) is 11.0. The Kier molecular flexibility index (Phi) is 8.35. The summed E-state index contributed by atoms with van der Waals surface area (Å²) in [6, 6.07) is 9.50. The maximum Gasteiger partial charge on any atom is 0.343 e. The van der Waals surface area contributed by atoms with Gasteiger partial charge in [-0.05, 0) is 19.4 Å². The van der Waals surface area contributed by atoms with Crippen molar-refractivity contribution in [2.45, 2.75) is 20.4 Å². The molecule has 1 N–H and O–H groups in total. The standard InChI is InChI=1S/C20H26N4O5/c1-4-28-18(26)14-24(12-15-9-7-6-8-10-15)13-17(25)22-19-16(11-21-23(19)3)20(27)29-5-2/h6-11H,4-5,12-14H2,1-3H3,(H,22,25). The highest BCUT2D eigenvalue weighted by molar-refractivity contribution is 6.00. The van der Waals surface area contributed by atoms with Crippen LogP contribution in [0, 0.1) is 0 Å². The molecule has 0 unspecified atom stereocenters. The minimum absolute atomic E-state index is 0.0354. The topological polar surface area (TPSA) is 103 Å². The highest BCUT2D eigenvalue weighted by Gasteiger charge is 2.21. The molecule has 0 aliphatic carbocycles. The normalized spacial score (nSPS) is 10.6. The zero-order chi connectivity index (χ0) is 21.2. The minimum Gasteiger partial charge on any atom is -0.465 e. The number of benzene rings is 1. The van der Waals surface area contributed by atoms with Gasteiger partial charge in [-0.1, -0.05) is 30.3 Å². The van der Waals surface area contributed by atoms with E-state index >= 15 is 0 Å². The van der Waals surface area contributed by atoms with Crippen LogP contribution in [0.1, 0.15) is 29.8 Å². The Hall–Kier alpha value is -3.20. The molecule has 0 saturated carbocycles. The molecular weight excluding hydrogens is 376 g/mol. The zero-order valence-electron chi connectivity index (χ0n) is 16.9. The van der Waals surface area contributed by atoms with E-state index in [1.807, 2.05) is 30.3 Å². The van der Waals surface area contributed by atoms with Crippen LogP contribution in [-0.4, -0.2) is 58.8 Å². The van der Waals surface area contributed by atoms with Crippen molar-refractivity contribution in [2.24, 2.45) is 7.05 Å². The van der Waals surface area contributed by atoms with Gasteiger partial charge in [-0.3, -0.25) is 19.2 Å². The zero-order valence-corrected chi connectivity index (χ0v) is 16.9. The second-order valence-corrected chi connectivity index (χ2v) is 6.23. The summed E-state index contributed by atoms with van der Waals surface area (Å²) in [5, 5.41) is 6.69. The number of carbonyl (C=O) groups is 3. The van der Waals surface area contributed by atoms with Crippen LogP contribution in [0.5, 0.6) is 0 Å². The molecule has 1 aromatic carbocycles. The lowest BCUT2D eigenvalue weighted by molar-refractivity contribution is -0.144. The summed E-state index contributed by atoms with van der Waals surface area (Å²) >= 11 is 0. The second-order valence-electron chi connectivity index (χ2n) is 6.23. The minimum atomic E-state index is -0.566. The number of aryl methyl sites for hydroxylation is 1. The number of aromatic nitrogens is 2. The van der Waals surface area contributed by atoms with Crippen LogP contribution in [0.2, 0.25) is 0 Å². The molecule has 9 nitrogen and oxygen atoms in total. The van der Waals surface area contributed by atoms with Crippen LogP contribution in [0.15, 0.2) is 36.5 Å². The molecule has 0 saturated heterocycles. The summed E-state index contributed by atoms with van der Waals surface area (Å²) in [4.78, 5) is 38.3. The molecule has 2 aromatic rings. The van der Waals surface area contributed by atoms with Gasteiger partial charge in [0.1, 0.15) is 11.4 Å². The molecule has 0 atom stereocenters. The van der Waals surface area contributed by atoms with Crippen LogP contribution in [0.4, 0.5) is 5.82 Å². The third-order valence-electron chi connectivity index (χ3n) is 3.97. The lowest BCUT2D eigenvalue weighted by atomic mass is 10.2. The van der Waals surface area contributed by atoms with Crippen molar-refractivity contribution in [3.8, 4) is 0 Å². The predicted octanol–water partition coefficient (Wildman–Crippen LogP) is 1.60. The first kappa shape index (κ1) is 22.1. The summed E-state index contributed by atoms with van der Waals surface area (Å²) in [5.74, 6) is -1.13. The maximum absolute atomic E-state index is 12.6. The number of amides is 1. The van der Waals surface area contributed by atoms with Gasteiger partial charge in [-0.25, -0.2) is 4.79 Å². The van der Waals surface area contributed by atoms with Gasteiger partial charge in [-0.15, -0.1) is 0 Å². The summed E-state index contributed by atoms with van der Waals surface area (Å²) in [6.45, 7) is 4.19. The van der Waals surface area contributed by atoms with Gasteiger partial charge in [0.25, 0.3) is 0 Å². The number of carbonyl (C=O) groups excluding carboxylic acids is 3. The molecule has 2 rings (SSSR count). The summed E-state index contributed by atoms with van der Waals surface area (Å²) < 4.78 is 11.4. The smallest absolute Gasteiger partial charge is 0.343 e. The lowest BCUT2D eigenvalue weighted by Crippen LogP contribution is -2.37. The van der Waals surface area contributed by atoms with Crippen LogP contribution >= 0.6 is 0 Å². The van der Waals surface area contributed by atoms with Crippen molar-refractivity contribution in [1.82, 2.24) is 14.7 Å². The van der Waals surface area contributed by atoms with E-state index in [-0.39, 0.29) is 43.6 Å². The number of hydrogen-bond acceptors (Lipinski definition) is 7. The highest BCUT2D eigenvalue weighted by atomic mass is 16.5. The molecule has 0 bridgehead atoms. The average Bonchev–Trinajstić information content (AvgIpc) is 3.03. The van der Waals surface area contributed by atoms with E-state index < -0.39 is 11.9 Å². The van der Waals surface area contributed by atoms with E-state index in [1.54, 1.807) is 25.8 Å². The largest absolute Gasteiger partial charge is 0.465 e. The van der Waals surface area contributed by atoms with Crippen LogP contribution in [0.3, 0.4) is 0 Å². The third kappa shape index (κ3) is 6.72. The Labute approximate surface area is 169 Å². The van der Waals surface area contributed by atoms with Crippen LogP contribution in [0.25, 0.3) is 0 Å². The number of rotatable bonds is 10. The molecule has 0 radical (unpaired) electrons. The lowest BCUT2D eigenvalue weighted by Gasteiger charge is -2.21. The number of ether oxygens (including phenoxy) is 2. The molecular formula is C20H26N4O5. The third-order valence-corrected chi connectivity index (χ3v) is 3.97. The molecule has 0 fully saturated rings. The van der Waals surface area contributed by atoms with Gasteiger partial charge in [0.2, 0.25) is 5.91 Å². The fourth-order valence-electron chi connectivity index (χ4n) is 2.72. The van der Waals surface area contributed by atoms with Gasteiger partial charge in [0, 0.05) is 13.6 Å². The molecule has 156 valence electrons. The maximum atomic E-state index is 12.6. The molecule has 1 heterocycles. The molecule has 1 aromatic heterocycles. The summed E-state index contributed by atoms with van der Waals surface area (Å²) in [5.41, 5.74) is 1.13. The SMILES string of the molecule is CCOC(=O)CN(CC(=O)Nc1c(C(=O)OCC)cnn1C)Cc1ccccc1. The van der Waals surface area contributed by atoms with E-state index in [9.17, 15) is 14.4 Å². The summed E-state index contributed by atoms with van der Waals surface area (Å²) in [7, 11) is 1.61. The first-order chi connectivity index (χ1) is 13.9. The van der Waals surface area contributed by atoms with Gasteiger partial charge in [0.15, 0.2) is 0 Å². The molecule has 0 spiro atoms. The molecule has 29 heavy (non-hydrogen) atoms. The Bertz CT molecular complexity index is 835. The van der Waals surface area contributed by atoms with Crippen LogP contribution < -0.4 is 5.32 Å². The van der Waals surface area contributed by atoms with Crippen molar-refractivity contribution in [3.05, 3.63) is 47.7 Å². The van der Waals surface area contributed by atoms with E-state index in [2.05, 4.69) is 10.4 Å². The number of esters is 2. The Morgan fingerprint density at radius 1 is 1.07 bits per heavy atom. The first-order valence-corrected chi connectivity index (χ1v) is 9.35. The van der Waals surface area contributed by atoms with Crippen molar-refractivity contribution >= 4 is 23.7 Å². The number of anilines is 1. The molecule has 0 aliphatic heterocycles. The van der Waals surface area contributed by atoms with E-state index in [1.165, 1.54) is 10.9 Å². The molecule has 9 heteroatoms. The van der Waals surface area contributed by atoms with Crippen molar-refractivity contribution in [3.63, 3.8) is 0 Å². The highest BCUT2D eigenvalue weighted by Crippen LogP contribution is 2.15. The fourth-order valence-corrected chi connectivity index (χ4v) is 2.72. The molecule has 1 amide bonds. The van der Waals surface area contributed by atoms with Crippen molar-refractivity contribution in [2.75, 3.05) is 31.6 Å². The Morgan fingerprint density at radius 2 is 1.76 bits per heavy atom. The molecule has 0 aliphatic rings. The van der Waals surface area contributed by atoms with E-state index in [0.717, 1.165) is 5.56 Å². The van der Waals surface area contributed by atoms with E-state index in [4.69, 9.17) is 9.47 Å². The predicted molar refractivity (Wildman–Crippen MR) is 106 cm³/mol. The van der Waals surface area contributed by atoms with Crippen LogP contribution in [-0.2, 0) is 32.7 Å². The quantitative estimate of drug-likeness (QED) is 0.602. The van der Waals surface area contributed by atoms with Crippen molar-refractivity contribution < 1.29 is 23.9 Å². The monoisotopic (exact) mass is 402 g/mol. The summed E-state index contributed by atoms with van der Waals surface area (Å²) in [6.07, 6.45) is 1.34. The number of nitrogens with zero attached hydrogens (tertiary/aromatic N) is 3. The first-order valence-electron chi connectivity index (χ1n) is 9.35. The number of hydrogen-bond donors (Lipinski definition) is 1. The Morgan fingerprint density at radius 3 is 2.41 bits per heavy atom. The van der Waals surface area contributed by atoms with Gasteiger partial charge < -0.3 is 14.8 Å². The van der Waals surface area contributed by atoms with Crippen molar-refractivity contribution in [1.29, 1.82) is 0 Å². The van der Waals surface area contributed by atoms with E-state index in [0.29, 0.717) is 6.54 Å². The van der Waals surface area contributed by atoms with Gasteiger partial charge >= 0.3 is 11.9 Å². The fraction of sp³-hybridized carbons (Fsp3) is 0.400. The van der Waals surface area contributed by atoms with Gasteiger partial charge in [-0.2, -0.15) is 5.10 Å². The average molecular weight is 402 g/mol. The Balaban J connectivity index is 2.10. The number of nitrogens with one attached hydrogen (secondary N) is 1. The van der Waals surface area contributed by atoms with Gasteiger partial charge in [0.05, 0.1) is 32.5 Å².